The third-order valence-corrected chi connectivity index (χ3v) is 4.60. The number of pyridine rings is 1. The van der Waals surface area contributed by atoms with Crippen molar-refractivity contribution in [3.05, 3.63) is 23.5 Å². The number of carbonyl (C=O) groups is 1. The molecule has 2 unspecified atom stereocenters. The van der Waals surface area contributed by atoms with Crippen LogP contribution in [0.3, 0.4) is 0 Å². The van der Waals surface area contributed by atoms with Gasteiger partial charge in [-0.15, -0.1) is 0 Å². The fourth-order valence-electron chi connectivity index (χ4n) is 3.40. The highest BCUT2D eigenvalue weighted by Crippen LogP contribution is 2.26. The lowest BCUT2D eigenvalue weighted by molar-refractivity contribution is -0.0585. The number of morpholine rings is 1. The third-order valence-electron chi connectivity index (χ3n) is 4.60. The van der Waals surface area contributed by atoms with Crippen LogP contribution in [0.2, 0.25) is 0 Å². The second-order valence-corrected chi connectivity index (χ2v) is 7.64. The minimum atomic E-state index is 0.0413. The molecule has 1 fully saturated rings. The molecule has 25 heavy (non-hydrogen) atoms. The number of rotatable bonds is 3. The lowest BCUT2D eigenvalue weighted by Gasteiger charge is -2.35. The van der Waals surface area contributed by atoms with Crippen molar-refractivity contribution in [3.8, 4) is 0 Å². The maximum absolute atomic E-state index is 13.3. The number of aromatic nitrogens is 3. The molecule has 0 saturated carbocycles. The van der Waals surface area contributed by atoms with Crippen LogP contribution in [0, 0.1) is 0 Å². The number of hydrogen-bond acceptors (Lipinski definition) is 4. The molecule has 0 spiro atoms. The molecule has 3 rings (SSSR count). The molecule has 0 radical (unpaired) electrons. The van der Waals surface area contributed by atoms with Crippen molar-refractivity contribution in [1.82, 2.24) is 19.7 Å². The molecule has 136 valence electrons. The number of nitrogens with zero attached hydrogens (tertiary/aromatic N) is 4. The molecule has 0 bridgehead atoms. The van der Waals surface area contributed by atoms with Gasteiger partial charge >= 0.3 is 0 Å². The highest BCUT2D eigenvalue weighted by atomic mass is 16.5. The monoisotopic (exact) mass is 344 g/mol. The molecule has 3 heterocycles. The third kappa shape index (κ3) is 3.40. The van der Waals surface area contributed by atoms with Gasteiger partial charge in [0.2, 0.25) is 0 Å². The minimum Gasteiger partial charge on any atom is -0.372 e. The molecule has 1 saturated heterocycles. The van der Waals surface area contributed by atoms with E-state index in [-0.39, 0.29) is 30.1 Å². The number of fused-ring (bicyclic) bond motifs is 1. The lowest BCUT2D eigenvalue weighted by Crippen LogP contribution is -2.48. The van der Waals surface area contributed by atoms with E-state index in [1.807, 2.05) is 29.5 Å². The van der Waals surface area contributed by atoms with Crippen molar-refractivity contribution in [1.29, 1.82) is 0 Å². The van der Waals surface area contributed by atoms with Crippen LogP contribution < -0.4 is 0 Å². The molecule has 0 N–H and O–H groups in total. The van der Waals surface area contributed by atoms with E-state index in [9.17, 15) is 4.79 Å². The summed E-state index contributed by atoms with van der Waals surface area (Å²) in [4.78, 5) is 19.9. The van der Waals surface area contributed by atoms with Gasteiger partial charge in [-0.1, -0.05) is 13.8 Å². The Bertz CT molecular complexity index is 771. The van der Waals surface area contributed by atoms with Crippen LogP contribution in [0.1, 0.15) is 69.6 Å². The summed E-state index contributed by atoms with van der Waals surface area (Å²) in [6.45, 7) is 13.6. The first-order chi connectivity index (χ1) is 11.8. The summed E-state index contributed by atoms with van der Waals surface area (Å²) in [5.74, 6) is 0.286. The van der Waals surface area contributed by atoms with Crippen LogP contribution in [0.15, 0.2) is 12.3 Å². The van der Waals surface area contributed by atoms with E-state index in [0.717, 1.165) is 16.7 Å². The van der Waals surface area contributed by atoms with Crippen LogP contribution in [0.4, 0.5) is 0 Å². The zero-order valence-electron chi connectivity index (χ0n) is 16.0. The van der Waals surface area contributed by atoms with Crippen LogP contribution in [-0.4, -0.2) is 50.9 Å². The number of carbonyl (C=O) groups excluding carboxylic acids is 1. The molecule has 1 aliphatic heterocycles. The second kappa shape index (κ2) is 6.75. The van der Waals surface area contributed by atoms with E-state index in [2.05, 4.69) is 32.8 Å². The molecular formula is C19H28N4O2. The summed E-state index contributed by atoms with van der Waals surface area (Å²) in [6.07, 6.45) is 1.87. The van der Waals surface area contributed by atoms with E-state index < -0.39 is 0 Å². The Morgan fingerprint density at radius 1 is 1.20 bits per heavy atom. The first kappa shape index (κ1) is 17.9. The maximum atomic E-state index is 13.3. The van der Waals surface area contributed by atoms with E-state index in [0.29, 0.717) is 18.7 Å². The van der Waals surface area contributed by atoms with Gasteiger partial charge in [0.15, 0.2) is 5.65 Å². The first-order valence-corrected chi connectivity index (χ1v) is 9.10. The molecule has 2 atom stereocenters. The van der Waals surface area contributed by atoms with Gasteiger partial charge in [-0.2, -0.15) is 5.10 Å². The van der Waals surface area contributed by atoms with Crippen LogP contribution >= 0.6 is 0 Å². The highest BCUT2D eigenvalue weighted by Gasteiger charge is 2.29. The van der Waals surface area contributed by atoms with Gasteiger partial charge in [-0.25, -0.2) is 9.67 Å². The molecule has 0 aromatic carbocycles. The van der Waals surface area contributed by atoms with Crippen LogP contribution in [0.5, 0.6) is 0 Å². The Morgan fingerprint density at radius 3 is 2.40 bits per heavy atom. The summed E-state index contributed by atoms with van der Waals surface area (Å²) < 4.78 is 7.66. The topological polar surface area (TPSA) is 60.2 Å². The molecule has 2 aromatic heterocycles. The van der Waals surface area contributed by atoms with E-state index >= 15 is 0 Å². The smallest absolute Gasteiger partial charge is 0.254 e. The minimum absolute atomic E-state index is 0.0413. The average Bonchev–Trinajstić information content (AvgIpc) is 2.96. The zero-order valence-corrected chi connectivity index (χ0v) is 16.0. The summed E-state index contributed by atoms with van der Waals surface area (Å²) >= 11 is 0. The molecule has 0 aliphatic carbocycles. The van der Waals surface area contributed by atoms with Crippen LogP contribution in [0.25, 0.3) is 11.0 Å². The zero-order chi connectivity index (χ0) is 18.3. The van der Waals surface area contributed by atoms with Gasteiger partial charge in [0.1, 0.15) is 0 Å². The van der Waals surface area contributed by atoms with Gasteiger partial charge in [0.25, 0.3) is 5.91 Å². The van der Waals surface area contributed by atoms with Gasteiger partial charge in [-0.05, 0) is 39.7 Å². The van der Waals surface area contributed by atoms with E-state index in [1.165, 1.54) is 0 Å². The molecule has 1 aliphatic rings. The van der Waals surface area contributed by atoms with Gasteiger partial charge in [-0.3, -0.25) is 4.79 Å². The highest BCUT2D eigenvalue weighted by molar-refractivity contribution is 6.05. The molecule has 1 amide bonds. The number of amides is 1. The van der Waals surface area contributed by atoms with Crippen molar-refractivity contribution in [2.24, 2.45) is 0 Å². The number of hydrogen-bond donors (Lipinski definition) is 0. The van der Waals surface area contributed by atoms with E-state index in [4.69, 9.17) is 9.72 Å². The summed E-state index contributed by atoms with van der Waals surface area (Å²) in [5, 5.41) is 5.30. The predicted octanol–water partition coefficient (Wildman–Crippen LogP) is 3.39. The number of ether oxygens (including phenoxy) is 1. The van der Waals surface area contributed by atoms with Crippen molar-refractivity contribution in [2.45, 2.75) is 65.7 Å². The van der Waals surface area contributed by atoms with Crippen molar-refractivity contribution in [3.63, 3.8) is 0 Å². The lowest BCUT2D eigenvalue weighted by atomic mass is 10.0. The Kier molecular flexibility index (Phi) is 4.82. The van der Waals surface area contributed by atoms with Gasteiger partial charge < -0.3 is 9.64 Å². The maximum Gasteiger partial charge on any atom is 0.254 e. The van der Waals surface area contributed by atoms with Gasteiger partial charge in [0, 0.05) is 24.8 Å². The largest absolute Gasteiger partial charge is 0.372 e. The normalized spacial score (nSPS) is 21.5. The Hall–Kier alpha value is -1.95. The van der Waals surface area contributed by atoms with Crippen molar-refractivity contribution >= 4 is 16.9 Å². The second-order valence-electron chi connectivity index (χ2n) is 7.64. The quantitative estimate of drug-likeness (QED) is 0.856. The van der Waals surface area contributed by atoms with Crippen molar-refractivity contribution < 1.29 is 9.53 Å². The Balaban J connectivity index is 2.09. The summed E-state index contributed by atoms with van der Waals surface area (Å²) in [7, 11) is 0. The molecule has 6 heteroatoms. The summed E-state index contributed by atoms with van der Waals surface area (Å²) in [6, 6.07) is 2.13. The summed E-state index contributed by atoms with van der Waals surface area (Å²) in [5.41, 5.74) is 2.41. The average molecular weight is 344 g/mol. The molecule has 2 aromatic rings. The van der Waals surface area contributed by atoms with Gasteiger partial charge in [0.05, 0.1) is 29.4 Å². The molecular weight excluding hydrogens is 316 g/mol. The first-order valence-electron chi connectivity index (χ1n) is 9.10. The van der Waals surface area contributed by atoms with E-state index in [1.54, 1.807) is 6.20 Å². The van der Waals surface area contributed by atoms with Crippen molar-refractivity contribution in [2.75, 3.05) is 13.1 Å². The SMILES string of the molecule is CC1CN(C(=O)c2cc(C(C)C)nc3c2cnn3C(C)C)CC(C)O1. The molecule has 6 nitrogen and oxygen atoms in total. The fraction of sp³-hybridized carbons (Fsp3) is 0.632. The predicted molar refractivity (Wildman–Crippen MR) is 97.9 cm³/mol. The standard InChI is InChI=1S/C19H28N4O2/c1-11(2)17-7-15(16-8-20-23(12(3)4)18(16)21-17)19(24)22-9-13(5)25-14(6)10-22/h7-8,11-14H,9-10H2,1-6H3. The Labute approximate surface area is 149 Å². The van der Waals surface area contributed by atoms with Crippen LogP contribution in [-0.2, 0) is 4.74 Å². The fourth-order valence-corrected chi connectivity index (χ4v) is 3.40. The Morgan fingerprint density at radius 2 is 1.84 bits per heavy atom.